The molecule has 6 rings (SSSR count). The van der Waals surface area contributed by atoms with Gasteiger partial charge in [0.1, 0.15) is 5.71 Å². The molecule has 47 heavy (non-hydrogen) atoms. The van der Waals surface area contributed by atoms with Gasteiger partial charge in [-0.3, -0.25) is 13.9 Å². The van der Waals surface area contributed by atoms with Gasteiger partial charge >= 0.3 is 0 Å². The molecule has 0 aromatic heterocycles. The van der Waals surface area contributed by atoms with Crippen LogP contribution in [0.5, 0.6) is 0 Å². The van der Waals surface area contributed by atoms with Crippen LogP contribution in [0.4, 0.5) is 5.69 Å². The Morgan fingerprint density at radius 3 is 2.60 bits per heavy atom. The first kappa shape index (κ1) is 32.9. The van der Waals surface area contributed by atoms with Crippen LogP contribution in [-0.2, 0) is 20.2 Å². The zero-order chi connectivity index (χ0) is 32.9. The highest BCUT2D eigenvalue weighted by molar-refractivity contribution is 7.99. The van der Waals surface area contributed by atoms with E-state index in [1.165, 1.54) is 0 Å². The number of Topliss-reactive ketones (excluding diaryl/α,β-unsaturated/α-hetero) is 2. The monoisotopic (exact) mass is 682 g/mol. The molecule has 0 fully saturated rings. The molecule has 2 aliphatic carbocycles. The van der Waals surface area contributed by atoms with E-state index in [9.17, 15) is 13.8 Å². The number of rotatable bonds is 12. The summed E-state index contributed by atoms with van der Waals surface area (Å²) >= 11 is 5.74. The summed E-state index contributed by atoms with van der Waals surface area (Å²) in [5.74, 6) is 0.210. The Kier molecular flexibility index (Phi) is 10.4. The molecule has 0 amide bonds. The number of thioether (sulfide) groups is 1. The number of carbonyl (C=O) groups excluding carboxylic acids is 2. The van der Waals surface area contributed by atoms with E-state index in [1.54, 1.807) is 36.0 Å². The number of oxime groups is 1. The summed E-state index contributed by atoms with van der Waals surface area (Å²) in [5.41, 5.74) is 5.23. The number of halogens is 1. The molecular formula is C38H35ClN2O4S2. The largest absolute Gasteiger partial charge is 0.364 e. The third-order valence-corrected chi connectivity index (χ3v) is 10.8. The van der Waals surface area contributed by atoms with Gasteiger partial charge in [-0.25, -0.2) is 4.21 Å². The number of hydrogen-bond donors (Lipinski definition) is 0. The number of likely N-dealkylation sites (N-methyl/N-ethyl adjacent to an activating group) is 1. The first-order chi connectivity index (χ1) is 22.8. The van der Waals surface area contributed by atoms with Crippen LogP contribution in [0.3, 0.4) is 0 Å². The lowest BCUT2D eigenvalue weighted by Gasteiger charge is -2.28. The molecular weight excluding hydrogens is 648 g/mol. The van der Waals surface area contributed by atoms with Crippen molar-refractivity contribution in [2.24, 2.45) is 5.16 Å². The van der Waals surface area contributed by atoms with Crippen LogP contribution in [0.2, 0.25) is 5.02 Å². The van der Waals surface area contributed by atoms with Gasteiger partial charge in [-0.1, -0.05) is 70.9 Å². The molecule has 3 unspecified atom stereocenters. The van der Waals surface area contributed by atoms with Crippen molar-refractivity contribution in [3.63, 3.8) is 0 Å². The van der Waals surface area contributed by atoms with Crippen molar-refractivity contribution in [3.05, 3.63) is 136 Å². The number of carbonyl (C=O) groups is 2. The fourth-order valence-corrected chi connectivity index (χ4v) is 7.79. The van der Waals surface area contributed by atoms with Crippen LogP contribution >= 0.6 is 23.4 Å². The van der Waals surface area contributed by atoms with E-state index in [4.69, 9.17) is 15.9 Å². The smallest absolute Gasteiger partial charge is 0.265 e. The summed E-state index contributed by atoms with van der Waals surface area (Å²) in [6.07, 6.45) is 12.3. The number of hydrogen-bond acceptors (Lipinski definition) is 7. The lowest BCUT2D eigenvalue weighted by atomic mass is 9.84. The summed E-state index contributed by atoms with van der Waals surface area (Å²) in [7, 11) is 0. The molecule has 0 saturated carbocycles. The average molecular weight is 683 g/mol. The molecule has 0 spiro atoms. The predicted molar refractivity (Wildman–Crippen MR) is 192 cm³/mol. The van der Waals surface area contributed by atoms with Crippen LogP contribution in [-0.4, -0.2) is 39.8 Å². The van der Waals surface area contributed by atoms with Gasteiger partial charge in [0.2, 0.25) is 5.78 Å². The Balaban J connectivity index is 1.28. The SMILES string of the molecule is CCN1c2ccc(C(=O)/C(CCSc3ccc(Cl)cc3)=N/OS(=O)c3ccccc3)cc2C2C=C(C(=O)C3=C(C)CCC=C3)C=CC21. The summed E-state index contributed by atoms with van der Waals surface area (Å²) in [4.78, 5) is 31.4. The minimum Gasteiger partial charge on any atom is -0.364 e. The van der Waals surface area contributed by atoms with Crippen LogP contribution in [0.1, 0.15) is 54.9 Å². The van der Waals surface area contributed by atoms with Gasteiger partial charge in [0, 0.05) is 57.0 Å². The normalized spacial score (nSPS) is 19.3. The molecule has 0 radical (unpaired) electrons. The third kappa shape index (κ3) is 7.30. The number of ketones is 2. The average Bonchev–Trinajstić information content (AvgIpc) is 3.42. The molecule has 240 valence electrons. The first-order valence-electron chi connectivity index (χ1n) is 15.7. The van der Waals surface area contributed by atoms with Crippen LogP contribution in [0.15, 0.2) is 135 Å². The molecule has 1 heterocycles. The Labute approximate surface area is 287 Å². The summed E-state index contributed by atoms with van der Waals surface area (Å²) in [6, 6.07) is 22.0. The van der Waals surface area contributed by atoms with Crippen molar-refractivity contribution in [2.75, 3.05) is 17.2 Å². The highest BCUT2D eigenvalue weighted by Gasteiger charge is 2.38. The fraction of sp³-hybridized carbons (Fsp3) is 0.237. The number of fused-ring (bicyclic) bond motifs is 3. The molecule has 6 nitrogen and oxygen atoms in total. The topological polar surface area (TPSA) is 76.0 Å². The third-order valence-electron chi connectivity index (χ3n) is 8.63. The maximum atomic E-state index is 14.1. The minimum absolute atomic E-state index is 0.0352. The van der Waals surface area contributed by atoms with Gasteiger partial charge in [0.15, 0.2) is 5.78 Å². The van der Waals surface area contributed by atoms with Gasteiger partial charge in [-0.15, -0.1) is 11.8 Å². The second-order valence-corrected chi connectivity index (χ2v) is 14.3. The van der Waals surface area contributed by atoms with Crippen molar-refractivity contribution >= 4 is 57.4 Å². The predicted octanol–water partition coefficient (Wildman–Crippen LogP) is 8.82. The quantitative estimate of drug-likeness (QED) is 0.0823. The lowest BCUT2D eigenvalue weighted by molar-refractivity contribution is -0.111. The number of anilines is 1. The number of nitrogens with zero attached hydrogens (tertiary/aromatic N) is 2. The fourth-order valence-electron chi connectivity index (χ4n) is 6.18. The molecule has 3 aromatic carbocycles. The Hall–Kier alpha value is -3.98. The summed E-state index contributed by atoms with van der Waals surface area (Å²) < 4.78 is 18.2. The zero-order valence-corrected chi connectivity index (χ0v) is 28.6. The van der Waals surface area contributed by atoms with E-state index >= 15 is 0 Å². The maximum absolute atomic E-state index is 14.1. The second kappa shape index (κ2) is 14.8. The number of benzene rings is 3. The number of allylic oxidation sites excluding steroid dienone is 6. The van der Waals surface area contributed by atoms with Crippen LogP contribution in [0, 0.1) is 0 Å². The van der Waals surface area contributed by atoms with Crippen molar-refractivity contribution in [1.29, 1.82) is 0 Å². The Bertz CT molecular complexity index is 1860. The highest BCUT2D eigenvalue weighted by atomic mass is 35.5. The molecule has 3 aromatic rings. The van der Waals surface area contributed by atoms with Crippen molar-refractivity contribution in [1.82, 2.24) is 0 Å². The van der Waals surface area contributed by atoms with Crippen molar-refractivity contribution in [3.8, 4) is 0 Å². The van der Waals surface area contributed by atoms with Gasteiger partial charge in [0.05, 0.1) is 10.9 Å². The van der Waals surface area contributed by atoms with E-state index in [1.807, 2.05) is 67.6 Å². The van der Waals surface area contributed by atoms with Gasteiger partial charge in [0.25, 0.3) is 11.1 Å². The first-order valence-corrected chi connectivity index (χ1v) is 18.1. The van der Waals surface area contributed by atoms with Gasteiger partial charge < -0.3 is 4.90 Å². The summed E-state index contributed by atoms with van der Waals surface area (Å²) in [6.45, 7) is 4.92. The standard InChI is InChI=1S/C38H35ClN2O4S2/c1-3-41-35-19-13-26(37(42)31-12-8-7-9-25(31)2)23-32(35)33-24-27(14-20-36(33)41)38(43)34(21-22-46-29-17-15-28(39)16-18-29)40-45-47(44)30-10-5-4-6-11-30/h4-6,8,10-20,23-24,32,35H,3,7,9,21-22H2,1-2H3/b40-34+. The lowest BCUT2D eigenvalue weighted by Crippen LogP contribution is -2.33. The molecule has 0 saturated heterocycles. The van der Waals surface area contributed by atoms with E-state index in [0.717, 1.165) is 46.7 Å². The molecule has 9 heteroatoms. The van der Waals surface area contributed by atoms with E-state index in [-0.39, 0.29) is 29.2 Å². The summed E-state index contributed by atoms with van der Waals surface area (Å²) in [5, 5.41) is 4.82. The van der Waals surface area contributed by atoms with E-state index in [0.29, 0.717) is 33.2 Å². The molecule has 0 bridgehead atoms. The van der Waals surface area contributed by atoms with Crippen molar-refractivity contribution < 1.29 is 18.1 Å². The second-order valence-electron chi connectivity index (χ2n) is 11.6. The van der Waals surface area contributed by atoms with E-state index in [2.05, 4.69) is 35.2 Å². The Morgan fingerprint density at radius 2 is 1.85 bits per heavy atom. The van der Waals surface area contributed by atoms with Crippen LogP contribution in [0.25, 0.3) is 0 Å². The molecule has 3 atom stereocenters. The van der Waals surface area contributed by atoms with Crippen molar-refractivity contribution in [2.45, 2.75) is 54.9 Å². The van der Waals surface area contributed by atoms with Crippen LogP contribution < -0.4 is 4.90 Å². The Morgan fingerprint density at radius 1 is 1.06 bits per heavy atom. The minimum atomic E-state index is -1.87. The highest BCUT2D eigenvalue weighted by Crippen LogP contribution is 2.45. The van der Waals surface area contributed by atoms with Gasteiger partial charge in [-0.2, -0.15) is 0 Å². The molecule has 3 aliphatic rings. The molecule has 0 N–H and O–H groups in total. The maximum Gasteiger partial charge on any atom is 0.265 e. The van der Waals surface area contributed by atoms with E-state index < -0.39 is 11.1 Å². The van der Waals surface area contributed by atoms with Gasteiger partial charge in [-0.05, 0) is 86.8 Å². The zero-order valence-electron chi connectivity index (χ0n) is 26.2. The molecule has 1 aliphatic heterocycles.